The van der Waals surface area contributed by atoms with Gasteiger partial charge in [0.05, 0.1) is 5.69 Å². The molecule has 31 heavy (non-hydrogen) atoms. The number of halogens is 2. The molecule has 1 aliphatic rings. The minimum atomic E-state index is -0.00169. The standard InChI is InChI=1S/C22H23Cl2N5O2/c1-15-13-27(11-12-28(15)21(30)16-3-5-17(23)6-4-16)22-26-25-20(14-31-2)29(22)19-9-7-18(24)8-10-19/h3-10,15H,11-14H2,1-2H3. The zero-order chi connectivity index (χ0) is 22.0. The van der Waals surface area contributed by atoms with Crippen molar-refractivity contribution in [3.63, 3.8) is 0 Å². The third kappa shape index (κ3) is 4.54. The topological polar surface area (TPSA) is 63.5 Å². The summed E-state index contributed by atoms with van der Waals surface area (Å²) in [5.74, 6) is 1.43. The number of carbonyl (C=O) groups is 1. The van der Waals surface area contributed by atoms with E-state index in [1.165, 1.54) is 0 Å². The molecule has 162 valence electrons. The zero-order valence-corrected chi connectivity index (χ0v) is 18.8. The van der Waals surface area contributed by atoms with E-state index in [9.17, 15) is 4.79 Å². The van der Waals surface area contributed by atoms with Gasteiger partial charge in [0.15, 0.2) is 5.82 Å². The van der Waals surface area contributed by atoms with Gasteiger partial charge in [-0.2, -0.15) is 0 Å². The van der Waals surface area contributed by atoms with Gasteiger partial charge >= 0.3 is 0 Å². The molecule has 9 heteroatoms. The lowest BCUT2D eigenvalue weighted by atomic mass is 10.1. The molecule has 0 radical (unpaired) electrons. The molecule has 1 atom stereocenters. The first-order valence-electron chi connectivity index (χ1n) is 9.98. The number of methoxy groups -OCH3 is 1. The monoisotopic (exact) mass is 459 g/mol. The van der Waals surface area contributed by atoms with E-state index in [0.29, 0.717) is 47.7 Å². The largest absolute Gasteiger partial charge is 0.377 e. The van der Waals surface area contributed by atoms with Crippen LogP contribution in [-0.2, 0) is 11.3 Å². The van der Waals surface area contributed by atoms with Crippen LogP contribution in [0.2, 0.25) is 10.0 Å². The van der Waals surface area contributed by atoms with Crippen molar-refractivity contribution in [1.29, 1.82) is 0 Å². The van der Waals surface area contributed by atoms with Gasteiger partial charge in [0.1, 0.15) is 6.61 Å². The Kier molecular flexibility index (Phi) is 6.46. The molecule has 1 saturated heterocycles. The number of piperazine rings is 1. The van der Waals surface area contributed by atoms with Crippen LogP contribution < -0.4 is 4.90 Å². The molecule has 2 heterocycles. The molecule has 2 aromatic carbocycles. The van der Waals surface area contributed by atoms with E-state index in [-0.39, 0.29) is 11.9 Å². The molecular formula is C22H23Cl2N5O2. The van der Waals surface area contributed by atoms with Crippen molar-refractivity contribution in [2.24, 2.45) is 0 Å². The second-order valence-electron chi connectivity index (χ2n) is 7.46. The summed E-state index contributed by atoms with van der Waals surface area (Å²) >= 11 is 12.0. The van der Waals surface area contributed by atoms with Gasteiger partial charge in [-0.25, -0.2) is 0 Å². The van der Waals surface area contributed by atoms with Crippen LogP contribution in [0.25, 0.3) is 5.69 Å². The average Bonchev–Trinajstić information content (AvgIpc) is 3.18. The van der Waals surface area contributed by atoms with Crippen LogP contribution in [0.1, 0.15) is 23.1 Å². The van der Waals surface area contributed by atoms with Crippen molar-refractivity contribution < 1.29 is 9.53 Å². The number of hydrogen-bond acceptors (Lipinski definition) is 5. The lowest BCUT2D eigenvalue weighted by Crippen LogP contribution is -2.54. The van der Waals surface area contributed by atoms with Gasteiger partial charge in [0.2, 0.25) is 5.95 Å². The Bertz CT molecular complexity index is 1050. The van der Waals surface area contributed by atoms with Gasteiger partial charge in [0.25, 0.3) is 5.91 Å². The predicted octanol–water partition coefficient (Wildman–Crippen LogP) is 4.07. The summed E-state index contributed by atoms with van der Waals surface area (Å²) in [5.41, 5.74) is 1.54. The summed E-state index contributed by atoms with van der Waals surface area (Å²) in [5, 5.41) is 10.0. The van der Waals surface area contributed by atoms with E-state index in [2.05, 4.69) is 15.1 Å². The Labute approximate surface area is 191 Å². The maximum atomic E-state index is 13.0. The number of nitrogens with zero attached hydrogens (tertiary/aromatic N) is 5. The molecule has 3 aromatic rings. The van der Waals surface area contributed by atoms with Gasteiger partial charge in [-0.1, -0.05) is 23.2 Å². The summed E-state index contributed by atoms with van der Waals surface area (Å²) in [6, 6.07) is 14.5. The van der Waals surface area contributed by atoms with E-state index in [1.807, 2.05) is 40.7 Å². The first-order chi connectivity index (χ1) is 15.0. The second kappa shape index (κ2) is 9.26. The Morgan fingerprint density at radius 1 is 1.03 bits per heavy atom. The number of rotatable bonds is 5. The highest BCUT2D eigenvalue weighted by Gasteiger charge is 2.31. The first-order valence-corrected chi connectivity index (χ1v) is 10.7. The fourth-order valence-electron chi connectivity index (χ4n) is 3.79. The minimum absolute atomic E-state index is 0.00169. The highest BCUT2D eigenvalue weighted by Crippen LogP contribution is 2.25. The van der Waals surface area contributed by atoms with E-state index < -0.39 is 0 Å². The molecule has 1 aliphatic heterocycles. The van der Waals surface area contributed by atoms with Gasteiger partial charge in [-0.05, 0) is 55.5 Å². The smallest absolute Gasteiger partial charge is 0.254 e. The number of amides is 1. The molecule has 0 saturated carbocycles. The van der Waals surface area contributed by atoms with E-state index in [1.54, 1.807) is 31.4 Å². The Morgan fingerprint density at radius 2 is 1.68 bits per heavy atom. The molecule has 7 nitrogen and oxygen atoms in total. The van der Waals surface area contributed by atoms with E-state index >= 15 is 0 Å². The summed E-state index contributed by atoms with van der Waals surface area (Å²) in [7, 11) is 1.63. The van der Waals surface area contributed by atoms with Gasteiger partial charge < -0.3 is 14.5 Å². The van der Waals surface area contributed by atoms with Crippen molar-refractivity contribution in [3.8, 4) is 5.69 Å². The third-order valence-corrected chi connectivity index (χ3v) is 5.84. The maximum Gasteiger partial charge on any atom is 0.254 e. The molecule has 1 amide bonds. The number of carbonyl (C=O) groups excluding carboxylic acids is 1. The Morgan fingerprint density at radius 3 is 2.29 bits per heavy atom. The third-order valence-electron chi connectivity index (χ3n) is 5.33. The lowest BCUT2D eigenvalue weighted by Gasteiger charge is -2.40. The molecule has 0 bridgehead atoms. The molecule has 0 aliphatic carbocycles. The number of benzene rings is 2. The summed E-state index contributed by atoms with van der Waals surface area (Å²) in [4.78, 5) is 17.0. The van der Waals surface area contributed by atoms with Crippen molar-refractivity contribution >= 4 is 35.1 Å². The van der Waals surface area contributed by atoms with Crippen LogP contribution in [0.3, 0.4) is 0 Å². The quantitative estimate of drug-likeness (QED) is 0.575. The van der Waals surface area contributed by atoms with Crippen molar-refractivity contribution in [1.82, 2.24) is 19.7 Å². The highest BCUT2D eigenvalue weighted by molar-refractivity contribution is 6.30. The van der Waals surface area contributed by atoms with Crippen LogP contribution in [0.5, 0.6) is 0 Å². The average molecular weight is 460 g/mol. The van der Waals surface area contributed by atoms with Crippen LogP contribution in [0.4, 0.5) is 5.95 Å². The fourth-order valence-corrected chi connectivity index (χ4v) is 4.04. The van der Waals surface area contributed by atoms with Gasteiger partial charge in [0, 0.05) is 48.4 Å². The highest BCUT2D eigenvalue weighted by atomic mass is 35.5. The molecule has 4 rings (SSSR count). The van der Waals surface area contributed by atoms with E-state index in [0.717, 1.165) is 11.6 Å². The van der Waals surface area contributed by atoms with E-state index in [4.69, 9.17) is 27.9 Å². The summed E-state index contributed by atoms with van der Waals surface area (Å²) in [6.07, 6.45) is 0. The molecule has 0 N–H and O–H groups in total. The van der Waals surface area contributed by atoms with Crippen LogP contribution in [0.15, 0.2) is 48.5 Å². The maximum absolute atomic E-state index is 13.0. The zero-order valence-electron chi connectivity index (χ0n) is 17.3. The Hall–Kier alpha value is -2.61. The molecular weight excluding hydrogens is 437 g/mol. The number of ether oxygens (including phenoxy) is 1. The van der Waals surface area contributed by atoms with Crippen LogP contribution >= 0.6 is 23.2 Å². The number of anilines is 1. The molecule has 0 spiro atoms. The number of aromatic nitrogens is 3. The first kappa shape index (κ1) is 21.6. The normalized spacial score (nSPS) is 16.6. The van der Waals surface area contributed by atoms with Crippen LogP contribution in [-0.4, -0.2) is 58.4 Å². The fraction of sp³-hybridized carbons (Fsp3) is 0.318. The van der Waals surface area contributed by atoms with Crippen molar-refractivity contribution in [2.75, 3.05) is 31.6 Å². The SMILES string of the molecule is COCc1nnc(N2CCN(C(=O)c3ccc(Cl)cc3)C(C)C2)n1-c1ccc(Cl)cc1. The molecule has 1 fully saturated rings. The number of hydrogen-bond donors (Lipinski definition) is 0. The van der Waals surface area contributed by atoms with Crippen molar-refractivity contribution in [3.05, 3.63) is 70.0 Å². The summed E-state index contributed by atoms with van der Waals surface area (Å²) in [6.45, 7) is 4.23. The Balaban J connectivity index is 1.57. The summed E-state index contributed by atoms with van der Waals surface area (Å²) < 4.78 is 7.29. The lowest BCUT2D eigenvalue weighted by molar-refractivity contribution is 0.0673. The minimum Gasteiger partial charge on any atom is -0.377 e. The van der Waals surface area contributed by atoms with Gasteiger partial charge in [-0.15, -0.1) is 10.2 Å². The molecule has 1 unspecified atom stereocenters. The van der Waals surface area contributed by atoms with Crippen LogP contribution in [0, 0.1) is 0 Å². The molecule has 1 aromatic heterocycles. The second-order valence-corrected chi connectivity index (χ2v) is 8.33. The predicted molar refractivity (Wildman–Crippen MR) is 121 cm³/mol. The van der Waals surface area contributed by atoms with Gasteiger partial charge in [-0.3, -0.25) is 9.36 Å². The van der Waals surface area contributed by atoms with Crippen molar-refractivity contribution in [2.45, 2.75) is 19.6 Å².